The molecule has 21 heavy (non-hydrogen) atoms. The van der Waals surface area contributed by atoms with E-state index >= 15 is 0 Å². The number of nitrogens with zero attached hydrogens (tertiary/aromatic N) is 1. The number of anilines is 1. The van der Waals surface area contributed by atoms with Gasteiger partial charge < -0.3 is 10.5 Å². The minimum absolute atomic E-state index is 0.146. The molecule has 0 aliphatic heterocycles. The van der Waals surface area contributed by atoms with Crippen LogP contribution in [0.15, 0.2) is 6.07 Å². The standard InChI is InChI=1S/C16H20N2O2S/c1-9(2)20-16(19)14-13(17)11-8-10-6-4-3-5-7-12(10)18-15(11)21-14/h8-9H,3-7,17H2,1-2H3. The van der Waals surface area contributed by atoms with E-state index < -0.39 is 0 Å². The van der Waals surface area contributed by atoms with Crippen molar-refractivity contribution < 1.29 is 9.53 Å². The van der Waals surface area contributed by atoms with Gasteiger partial charge in [0.2, 0.25) is 0 Å². The molecule has 112 valence electrons. The molecule has 0 saturated carbocycles. The first-order valence-electron chi connectivity index (χ1n) is 7.48. The summed E-state index contributed by atoms with van der Waals surface area (Å²) in [5.74, 6) is -0.347. The summed E-state index contributed by atoms with van der Waals surface area (Å²) in [5, 5.41) is 0.899. The summed E-state index contributed by atoms with van der Waals surface area (Å²) in [6, 6.07) is 2.13. The molecule has 0 atom stereocenters. The van der Waals surface area contributed by atoms with Crippen molar-refractivity contribution in [3.8, 4) is 0 Å². The topological polar surface area (TPSA) is 65.2 Å². The lowest BCUT2D eigenvalue weighted by Gasteiger charge is -2.06. The number of fused-ring (bicyclic) bond motifs is 2. The maximum absolute atomic E-state index is 12.1. The van der Waals surface area contributed by atoms with E-state index in [9.17, 15) is 4.79 Å². The molecule has 0 unspecified atom stereocenters. The van der Waals surface area contributed by atoms with Crippen LogP contribution in [0.4, 0.5) is 5.69 Å². The second kappa shape index (κ2) is 5.64. The van der Waals surface area contributed by atoms with Crippen molar-refractivity contribution in [2.24, 2.45) is 0 Å². The lowest BCUT2D eigenvalue weighted by atomic mass is 10.1. The van der Waals surface area contributed by atoms with Crippen LogP contribution in [0.2, 0.25) is 0 Å². The Bertz CT molecular complexity index is 691. The van der Waals surface area contributed by atoms with E-state index in [0.29, 0.717) is 10.6 Å². The Kier molecular flexibility index (Phi) is 3.85. The van der Waals surface area contributed by atoms with Gasteiger partial charge in [0.1, 0.15) is 9.71 Å². The quantitative estimate of drug-likeness (QED) is 0.678. The predicted molar refractivity (Wildman–Crippen MR) is 85.8 cm³/mol. The van der Waals surface area contributed by atoms with Gasteiger partial charge in [-0.1, -0.05) is 6.42 Å². The highest BCUT2D eigenvalue weighted by Gasteiger charge is 2.21. The average molecular weight is 304 g/mol. The van der Waals surface area contributed by atoms with E-state index in [-0.39, 0.29) is 12.1 Å². The number of esters is 1. The summed E-state index contributed by atoms with van der Waals surface area (Å²) in [5.41, 5.74) is 9.13. The zero-order valence-electron chi connectivity index (χ0n) is 12.4. The molecule has 0 amide bonds. The monoisotopic (exact) mass is 304 g/mol. The van der Waals surface area contributed by atoms with Crippen molar-refractivity contribution in [3.05, 3.63) is 22.2 Å². The summed E-state index contributed by atoms with van der Waals surface area (Å²) < 4.78 is 5.26. The van der Waals surface area contributed by atoms with E-state index in [1.165, 1.54) is 41.9 Å². The summed E-state index contributed by atoms with van der Waals surface area (Å²) >= 11 is 1.34. The number of pyridine rings is 1. The fourth-order valence-electron chi connectivity index (χ4n) is 2.76. The molecule has 4 nitrogen and oxygen atoms in total. The first-order chi connectivity index (χ1) is 10.1. The maximum Gasteiger partial charge on any atom is 0.350 e. The molecule has 0 spiro atoms. The molecular formula is C16H20N2O2S. The van der Waals surface area contributed by atoms with Gasteiger partial charge in [0.05, 0.1) is 11.8 Å². The zero-order valence-corrected chi connectivity index (χ0v) is 13.3. The van der Waals surface area contributed by atoms with Gasteiger partial charge in [0.15, 0.2) is 0 Å². The predicted octanol–water partition coefficient (Wildman–Crippen LogP) is 3.71. The largest absolute Gasteiger partial charge is 0.459 e. The molecule has 5 heteroatoms. The van der Waals surface area contributed by atoms with Crippen LogP contribution < -0.4 is 5.73 Å². The molecular weight excluding hydrogens is 284 g/mol. The fraction of sp³-hybridized carbons (Fsp3) is 0.500. The summed E-state index contributed by atoms with van der Waals surface area (Å²) in [4.78, 5) is 18.2. The normalized spacial score (nSPS) is 15.0. The third-order valence-corrected chi connectivity index (χ3v) is 4.87. The van der Waals surface area contributed by atoms with Crippen LogP contribution in [0.5, 0.6) is 0 Å². The molecule has 0 saturated heterocycles. The van der Waals surface area contributed by atoms with Gasteiger partial charge in [-0.3, -0.25) is 0 Å². The van der Waals surface area contributed by atoms with Crippen LogP contribution in [-0.2, 0) is 17.6 Å². The van der Waals surface area contributed by atoms with Crippen molar-refractivity contribution in [1.29, 1.82) is 0 Å². The summed E-state index contributed by atoms with van der Waals surface area (Å²) in [6.45, 7) is 3.67. The van der Waals surface area contributed by atoms with Gasteiger partial charge in [-0.05, 0) is 51.2 Å². The molecule has 0 bridgehead atoms. The van der Waals surface area contributed by atoms with E-state index in [4.69, 9.17) is 15.5 Å². The first kappa shape index (κ1) is 14.3. The van der Waals surface area contributed by atoms with E-state index in [1.807, 2.05) is 13.8 Å². The summed E-state index contributed by atoms with van der Waals surface area (Å²) in [6.07, 6.45) is 5.58. The molecule has 3 rings (SSSR count). The van der Waals surface area contributed by atoms with Gasteiger partial charge in [0.25, 0.3) is 0 Å². The van der Waals surface area contributed by atoms with Crippen LogP contribution in [0, 0.1) is 0 Å². The molecule has 2 N–H and O–H groups in total. The minimum Gasteiger partial charge on any atom is -0.459 e. The molecule has 0 aromatic carbocycles. The van der Waals surface area contributed by atoms with Crippen molar-refractivity contribution in [3.63, 3.8) is 0 Å². The number of rotatable bonds is 2. The van der Waals surface area contributed by atoms with E-state index in [1.54, 1.807) is 0 Å². The molecule has 2 heterocycles. The molecule has 1 aliphatic carbocycles. The number of ether oxygens (including phenoxy) is 1. The number of hydrogen-bond acceptors (Lipinski definition) is 5. The fourth-order valence-corrected chi connectivity index (χ4v) is 3.73. The third-order valence-electron chi connectivity index (χ3n) is 3.78. The second-order valence-corrected chi connectivity index (χ2v) is 6.81. The number of nitrogen functional groups attached to an aromatic ring is 1. The van der Waals surface area contributed by atoms with Crippen LogP contribution in [-0.4, -0.2) is 17.1 Å². The molecule has 2 aromatic heterocycles. The smallest absolute Gasteiger partial charge is 0.350 e. The number of hydrogen-bond donors (Lipinski definition) is 1. The van der Waals surface area contributed by atoms with Gasteiger partial charge >= 0.3 is 5.97 Å². The maximum atomic E-state index is 12.1. The van der Waals surface area contributed by atoms with E-state index in [0.717, 1.165) is 23.1 Å². The molecule has 0 fully saturated rings. The van der Waals surface area contributed by atoms with E-state index in [2.05, 4.69) is 6.07 Å². The molecule has 0 radical (unpaired) electrons. The highest BCUT2D eigenvalue weighted by atomic mass is 32.1. The second-order valence-electron chi connectivity index (χ2n) is 5.81. The number of aromatic nitrogens is 1. The van der Waals surface area contributed by atoms with Crippen LogP contribution in [0.3, 0.4) is 0 Å². The molecule has 2 aromatic rings. The Labute approximate surface area is 128 Å². The minimum atomic E-state index is -0.347. The first-order valence-corrected chi connectivity index (χ1v) is 8.29. The Morgan fingerprint density at radius 2 is 2.10 bits per heavy atom. The van der Waals surface area contributed by atoms with Gasteiger partial charge in [-0.2, -0.15) is 0 Å². The highest BCUT2D eigenvalue weighted by Crippen LogP contribution is 2.35. The Morgan fingerprint density at radius 3 is 2.86 bits per heavy atom. The SMILES string of the molecule is CC(C)OC(=O)c1sc2nc3c(cc2c1N)CCCCC3. The Morgan fingerprint density at radius 1 is 1.33 bits per heavy atom. The van der Waals surface area contributed by atoms with Crippen molar-refractivity contribution in [1.82, 2.24) is 4.98 Å². The van der Waals surface area contributed by atoms with Gasteiger partial charge in [-0.15, -0.1) is 11.3 Å². The van der Waals surface area contributed by atoms with Crippen molar-refractivity contribution in [2.45, 2.75) is 52.1 Å². The van der Waals surface area contributed by atoms with Crippen molar-refractivity contribution in [2.75, 3.05) is 5.73 Å². The lowest BCUT2D eigenvalue weighted by Crippen LogP contribution is -2.11. The van der Waals surface area contributed by atoms with Crippen molar-refractivity contribution >= 4 is 33.2 Å². The Hall–Kier alpha value is -1.62. The lowest BCUT2D eigenvalue weighted by molar-refractivity contribution is 0.0385. The Balaban J connectivity index is 2.06. The van der Waals surface area contributed by atoms with Gasteiger partial charge in [-0.25, -0.2) is 9.78 Å². The zero-order chi connectivity index (χ0) is 15.0. The van der Waals surface area contributed by atoms with Gasteiger partial charge in [0, 0.05) is 11.1 Å². The number of aryl methyl sites for hydroxylation is 2. The third kappa shape index (κ3) is 2.75. The van der Waals surface area contributed by atoms with Crippen LogP contribution in [0.1, 0.15) is 54.0 Å². The average Bonchev–Trinajstić information content (AvgIpc) is 2.61. The van der Waals surface area contributed by atoms with Crippen LogP contribution in [0.25, 0.3) is 10.2 Å². The highest BCUT2D eigenvalue weighted by molar-refractivity contribution is 7.21. The van der Waals surface area contributed by atoms with Crippen LogP contribution >= 0.6 is 11.3 Å². The number of thiophene rings is 1. The number of carbonyl (C=O) groups excluding carboxylic acids is 1. The molecule has 1 aliphatic rings. The summed E-state index contributed by atoms with van der Waals surface area (Å²) in [7, 11) is 0. The number of nitrogens with two attached hydrogens (primary N) is 1. The number of carbonyl (C=O) groups is 1.